The zero-order chi connectivity index (χ0) is 10.4. The topological polar surface area (TPSA) is 9.23 Å². The van der Waals surface area contributed by atoms with Crippen LogP contribution in [0, 0.1) is 0 Å². The SMILES string of the molecule is CC(C)c1c2c(cc3c1OCC3)CCC2. The molecule has 0 fully saturated rings. The van der Waals surface area contributed by atoms with Crippen molar-refractivity contribution in [1.82, 2.24) is 0 Å². The second-order valence-electron chi connectivity index (χ2n) is 5.02. The van der Waals surface area contributed by atoms with Gasteiger partial charge in [-0.05, 0) is 41.9 Å². The van der Waals surface area contributed by atoms with Gasteiger partial charge >= 0.3 is 0 Å². The molecule has 1 aromatic rings. The molecule has 0 amide bonds. The van der Waals surface area contributed by atoms with Crippen LogP contribution in [0.3, 0.4) is 0 Å². The van der Waals surface area contributed by atoms with Crippen molar-refractivity contribution < 1.29 is 4.74 Å². The van der Waals surface area contributed by atoms with Gasteiger partial charge in [0.1, 0.15) is 5.75 Å². The summed E-state index contributed by atoms with van der Waals surface area (Å²) in [6.07, 6.45) is 4.99. The van der Waals surface area contributed by atoms with E-state index in [1.54, 1.807) is 11.1 Å². The molecule has 1 aromatic carbocycles. The molecule has 0 radical (unpaired) electrons. The van der Waals surface area contributed by atoms with Crippen LogP contribution < -0.4 is 4.74 Å². The maximum absolute atomic E-state index is 5.82. The highest BCUT2D eigenvalue weighted by atomic mass is 16.5. The summed E-state index contributed by atoms with van der Waals surface area (Å²) in [7, 11) is 0. The van der Waals surface area contributed by atoms with Crippen LogP contribution >= 0.6 is 0 Å². The van der Waals surface area contributed by atoms with E-state index in [0.717, 1.165) is 13.0 Å². The summed E-state index contributed by atoms with van der Waals surface area (Å²) in [5.74, 6) is 1.83. The lowest BCUT2D eigenvalue weighted by atomic mass is 9.91. The van der Waals surface area contributed by atoms with E-state index in [1.165, 1.54) is 36.1 Å². The molecule has 0 aromatic heterocycles. The Labute approximate surface area is 91.5 Å². The Hall–Kier alpha value is -0.980. The van der Waals surface area contributed by atoms with E-state index in [4.69, 9.17) is 4.74 Å². The van der Waals surface area contributed by atoms with E-state index >= 15 is 0 Å². The number of rotatable bonds is 1. The number of benzene rings is 1. The third-order valence-corrected chi connectivity index (χ3v) is 3.67. The van der Waals surface area contributed by atoms with Gasteiger partial charge < -0.3 is 4.74 Å². The van der Waals surface area contributed by atoms with Crippen LogP contribution in [0.5, 0.6) is 5.75 Å². The third kappa shape index (κ3) is 1.29. The minimum Gasteiger partial charge on any atom is -0.493 e. The van der Waals surface area contributed by atoms with E-state index in [1.807, 2.05) is 0 Å². The molecule has 1 aliphatic carbocycles. The van der Waals surface area contributed by atoms with E-state index in [-0.39, 0.29) is 0 Å². The van der Waals surface area contributed by atoms with Gasteiger partial charge in [-0.1, -0.05) is 19.9 Å². The van der Waals surface area contributed by atoms with Gasteiger partial charge in [0.2, 0.25) is 0 Å². The summed E-state index contributed by atoms with van der Waals surface area (Å²) in [6, 6.07) is 2.40. The molecule has 3 rings (SSSR count). The van der Waals surface area contributed by atoms with Gasteiger partial charge in [-0.15, -0.1) is 0 Å². The zero-order valence-electron chi connectivity index (χ0n) is 9.60. The minimum atomic E-state index is 0.602. The molecule has 0 atom stereocenters. The Balaban J connectivity index is 2.25. The standard InChI is InChI=1S/C14H18O/c1-9(2)13-12-5-3-4-10(12)8-11-6-7-15-14(11)13/h8-9H,3-7H2,1-2H3. The number of fused-ring (bicyclic) bond motifs is 2. The van der Waals surface area contributed by atoms with Gasteiger partial charge in [0.25, 0.3) is 0 Å². The quantitative estimate of drug-likeness (QED) is 0.679. The molecule has 15 heavy (non-hydrogen) atoms. The molecule has 0 spiro atoms. The van der Waals surface area contributed by atoms with E-state index in [2.05, 4.69) is 19.9 Å². The van der Waals surface area contributed by atoms with Gasteiger partial charge in [0.05, 0.1) is 6.61 Å². The third-order valence-electron chi connectivity index (χ3n) is 3.67. The van der Waals surface area contributed by atoms with Crippen LogP contribution in [0.4, 0.5) is 0 Å². The molecule has 2 aliphatic rings. The molecule has 1 aliphatic heterocycles. The summed E-state index contributed by atoms with van der Waals surface area (Å²) in [5, 5.41) is 0. The predicted octanol–water partition coefficient (Wildman–Crippen LogP) is 3.23. The summed E-state index contributed by atoms with van der Waals surface area (Å²) < 4.78 is 5.82. The number of ether oxygens (including phenoxy) is 1. The Bertz CT molecular complexity index is 372. The molecule has 0 saturated carbocycles. The lowest BCUT2D eigenvalue weighted by Crippen LogP contribution is -2.00. The first-order valence-corrected chi connectivity index (χ1v) is 6.07. The van der Waals surface area contributed by atoms with Gasteiger partial charge in [0.15, 0.2) is 0 Å². The van der Waals surface area contributed by atoms with E-state index in [0.29, 0.717) is 5.92 Å². The average molecular weight is 202 g/mol. The molecule has 0 bridgehead atoms. The van der Waals surface area contributed by atoms with Crippen molar-refractivity contribution in [2.24, 2.45) is 0 Å². The Morgan fingerprint density at radius 2 is 2.00 bits per heavy atom. The molecular formula is C14H18O. The second-order valence-corrected chi connectivity index (χ2v) is 5.02. The normalized spacial score (nSPS) is 17.8. The van der Waals surface area contributed by atoms with Gasteiger partial charge in [-0.2, -0.15) is 0 Å². The highest BCUT2D eigenvalue weighted by Gasteiger charge is 2.26. The van der Waals surface area contributed by atoms with E-state index < -0.39 is 0 Å². The number of hydrogen-bond acceptors (Lipinski definition) is 1. The predicted molar refractivity (Wildman–Crippen MR) is 61.8 cm³/mol. The van der Waals surface area contributed by atoms with Crippen LogP contribution in [-0.4, -0.2) is 6.61 Å². The van der Waals surface area contributed by atoms with Crippen molar-refractivity contribution in [2.75, 3.05) is 6.61 Å². The van der Waals surface area contributed by atoms with Crippen molar-refractivity contribution in [2.45, 2.75) is 45.4 Å². The fraction of sp³-hybridized carbons (Fsp3) is 0.571. The summed E-state index contributed by atoms with van der Waals surface area (Å²) in [6.45, 7) is 5.46. The minimum absolute atomic E-state index is 0.602. The zero-order valence-corrected chi connectivity index (χ0v) is 9.60. The molecule has 1 nitrogen and oxygen atoms in total. The average Bonchev–Trinajstić information content (AvgIpc) is 2.79. The molecular weight excluding hydrogens is 184 g/mol. The number of hydrogen-bond donors (Lipinski definition) is 0. The Morgan fingerprint density at radius 3 is 2.80 bits per heavy atom. The lowest BCUT2D eigenvalue weighted by molar-refractivity contribution is 0.351. The highest BCUT2D eigenvalue weighted by molar-refractivity contribution is 5.55. The molecule has 0 unspecified atom stereocenters. The largest absolute Gasteiger partial charge is 0.493 e. The summed E-state index contributed by atoms with van der Waals surface area (Å²) in [4.78, 5) is 0. The Kier molecular flexibility index (Phi) is 2.01. The molecule has 1 heterocycles. The number of aryl methyl sites for hydroxylation is 1. The Morgan fingerprint density at radius 1 is 1.13 bits per heavy atom. The maximum Gasteiger partial charge on any atom is 0.126 e. The van der Waals surface area contributed by atoms with Crippen molar-refractivity contribution in [3.8, 4) is 5.75 Å². The smallest absolute Gasteiger partial charge is 0.126 e. The van der Waals surface area contributed by atoms with E-state index in [9.17, 15) is 0 Å². The van der Waals surface area contributed by atoms with Crippen LogP contribution in [0.15, 0.2) is 6.07 Å². The fourth-order valence-electron chi connectivity index (χ4n) is 3.05. The van der Waals surface area contributed by atoms with Crippen LogP contribution in [0.2, 0.25) is 0 Å². The van der Waals surface area contributed by atoms with Crippen LogP contribution in [-0.2, 0) is 19.3 Å². The molecule has 0 N–H and O–H groups in total. The first-order chi connectivity index (χ1) is 7.27. The lowest BCUT2D eigenvalue weighted by Gasteiger charge is -2.16. The fourth-order valence-corrected chi connectivity index (χ4v) is 3.05. The van der Waals surface area contributed by atoms with Crippen molar-refractivity contribution in [3.05, 3.63) is 28.3 Å². The van der Waals surface area contributed by atoms with Crippen molar-refractivity contribution >= 4 is 0 Å². The summed E-state index contributed by atoms with van der Waals surface area (Å²) >= 11 is 0. The van der Waals surface area contributed by atoms with Gasteiger partial charge in [-0.3, -0.25) is 0 Å². The first kappa shape index (κ1) is 9.26. The molecule has 80 valence electrons. The molecule has 1 heteroatoms. The maximum atomic E-state index is 5.82. The van der Waals surface area contributed by atoms with Crippen LogP contribution in [0.25, 0.3) is 0 Å². The van der Waals surface area contributed by atoms with Crippen LogP contribution in [0.1, 0.15) is 48.4 Å². The summed E-state index contributed by atoms with van der Waals surface area (Å²) in [5.41, 5.74) is 6.17. The monoisotopic (exact) mass is 202 g/mol. The van der Waals surface area contributed by atoms with Crippen molar-refractivity contribution in [1.29, 1.82) is 0 Å². The van der Waals surface area contributed by atoms with Gasteiger partial charge in [-0.25, -0.2) is 0 Å². The second kappa shape index (κ2) is 3.26. The van der Waals surface area contributed by atoms with Gasteiger partial charge in [0, 0.05) is 12.0 Å². The molecule has 0 saturated heterocycles. The van der Waals surface area contributed by atoms with Crippen molar-refractivity contribution in [3.63, 3.8) is 0 Å². The highest BCUT2D eigenvalue weighted by Crippen LogP contribution is 2.41. The first-order valence-electron chi connectivity index (χ1n) is 6.07.